The quantitative estimate of drug-likeness (QED) is 0.0195. The van der Waals surface area contributed by atoms with Crippen molar-refractivity contribution in [1.82, 2.24) is 0 Å². The van der Waals surface area contributed by atoms with Crippen molar-refractivity contribution < 1.29 is 42.9 Å². The van der Waals surface area contributed by atoms with E-state index in [0.717, 1.165) is 116 Å². The number of carbonyl (C=O) groups is 3. The average Bonchev–Trinajstić information content (AvgIpc) is 1.18. The summed E-state index contributed by atoms with van der Waals surface area (Å²) < 4.78 is 22.9. The highest BCUT2D eigenvalue weighted by molar-refractivity contribution is 5.70. The number of unbranched alkanes of at least 4 members (excludes halogenated alkanes) is 39. The monoisotopic (exact) mass is 1460 g/mol. The SMILES string of the molecule is CC/C=C\C/C=C\C/C=C\C/C=C\C/C=C\C/C=C\C/C=C\CCCCCCCCCCCCCCCCCCCCCC(=O)OC(COC(=O)CCCCCCCCCCCCCCCCCCCCCC/C=C\C/C=C\C/C=C\C/C=C\C/C=C\C/C=C\CC)COC(OCC[N+](C)(C)C)C(=O)[O-]. The topological polar surface area (TPSA) is 111 Å². The van der Waals surface area contributed by atoms with E-state index in [1.54, 1.807) is 0 Å². The fourth-order valence-electron chi connectivity index (χ4n) is 12.2. The van der Waals surface area contributed by atoms with Crippen LogP contribution < -0.4 is 5.11 Å². The Morgan fingerprint density at radius 3 is 0.762 bits per heavy atom. The second kappa shape index (κ2) is 84.5. The van der Waals surface area contributed by atoms with Gasteiger partial charge in [0.1, 0.15) is 13.2 Å². The lowest BCUT2D eigenvalue weighted by Crippen LogP contribution is -2.44. The maximum absolute atomic E-state index is 13.0. The minimum atomic E-state index is -1.63. The van der Waals surface area contributed by atoms with Crippen LogP contribution in [0.5, 0.6) is 0 Å². The first-order valence-electron chi connectivity index (χ1n) is 43.6. The Balaban J connectivity index is 3.98. The molecule has 0 aliphatic heterocycles. The van der Waals surface area contributed by atoms with E-state index < -0.39 is 24.3 Å². The summed E-state index contributed by atoms with van der Waals surface area (Å²) in [5.74, 6) is -2.27. The number of carbonyl (C=O) groups excluding carboxylic acids is 3. The molecule has 0 aromatic carbocycles. The summed E-state index contributed by atoms with van der Waals surface area (Å²) >= 11 is 0. The number of allylic oxidation sites excluding steroid dienone is 26. The molecule has 9 nitrogen and oxygen atoms in total. The van der Waals surface area contributed by atoms with Gasteiger partial charge in [-0.15, -0.1) is 0 Å². The number of hydrogen-bond acceptors (Lipinski definition) is 8. The van der Waals surface area contributed by atoms with Crippen LogP contribution in [0.2, 0.25) is 0 Å². The molecule has 2 atom stereocenters. The Morgan fingerprint density at radius 2 is 0.514 bits per heavy atom. The number of carboxylic acids is 1. The van der Waals surface area contributed by atoms with Gasteiger partial charge in [-0.05, 0) is 122 Å². The first-order valence-corrected chi connectivity index (χ1v) is 43.6. The zero-order valence-corrected chi connectivity index (χ0v) is 68.8. The number of rotatable bonds is 80. The smallest absolute Gasteiger partial charge is 0.306 e. The molecule has 0 aliphatic carbocycles. The first-order chi connectivity index (χ1) is 51.6. The Bertz CT molecular complexity index is 2300. The van der Waals surface area contributed by atoms with Gasteiger partial charge in [0.2, 0.25) is 0 Å². The van der Waals surface area contributed by atoms with E-state index in [2.05, 4.69) is 172 Å². The van der Waals surface area contributed by atoms with E-state index in [1.165, 1.54) is 225 Å². The Hall–Kier alpha value is -5.09. The van der Waals surface area contributed by atoms with E-state index in [4.69, 9.17) is 18.9 Å². The molecule has 0 saturated carbocycles. The summed E-state index contributed by atoms with van der Waals surface area (Å²) in [7, 11) is 5.95. The van der Waals surface area contributed by atoms with Gasteiger partial charge in [0.15, 0.2) is 12.4 Å². The van der Waals surface area contributed by atoms with Crippen LogP contribution in [0.25, 0.3) is 0 Å². The number of ether oxygens (including phenoxy) is 4. The van der Waals surface area contributed by atoms with Gasteiger partial charge in [-0.25, -0.2) is 0 Å². The van der Waals surface area contributed by atoms with Crippen molar-refractivity contribution in [3.05, 3.63) is 158 Å². The Morgan fingerprint density at radius 1 is 0.286 bits per heavy atom. The standard InChI is InChI=1S/C96H163NO8/c1-6-8-10-12-14-16-18-20-22-24-26-28-30-32-34-36-38-40-42-44-46-47-49-51-53-55-57-59-61-63-65-67-69-71-73-75-77-79-81-83-85-87-94(99)105-92(91-104-96(95(100)101)102-89-88-97(3,4)5)90-103-93(98)86-84-82-80-78-76-74-72-70-68-66-64-62-60-58-56-54-52-50-48-45-43-41-39-37-35-33-31-29-27-25-23-21-19-17-15-13-11-9-7-2/h8-11,14-17,20-23,26-29,32-35,38-41,44,46,92,96H,6-7,12-13,18-19,24-25,30-31,36-37,42-43,45,47-91H2,1-5H3/b10-8-,11-9-,16-14-,17-15-,22-20-,23-21-,28-26-,29-27-,34-32-,35-33-,40-38-,41-39-,46-44-. The van der Waals surface area contributed by atoms with Crippen molar-refractivity contribution in [3.63, 3.8) is 0 Å². The summed E-state index contributed by atoms with van der Waals surface area (Å²) in [4.78, 5) is 37.7. The third-order valence-corrected chi connectivity index (χ3v) is 18.8. The highest BCUT2D eigenvalue weighted by atomic mass is 16.7. The van der Waals surface area contributed by atoms with Crippen LogP contribution in [0.15, 0.2) is 158 Å². The largest absolute Gasteiger partial charge is 0.545 e. The van der Waals surface area contributed by atoms with Crippen LogP contribution >= 0.6 is 0 Å². The molecule has 2 unspecified atom stereocenters. The van der Waals surface area contributed by atoms with E-state index in [0.29, 0.717) is 23.9 Å². The summed E-state index contributed by atoms with van der Waals surface area (Å²) in [5.41, 5.74) is 0. The summed E-state index contributed by atoms with van der Waals surface area (Å²) in [6.07, 6.45) is 122. The maximum atomic E-state index is 13.0. The molecule has 0 amide bonds. The molecule has 0 saturated heterocycles. The number of nitrogens with zero attached hydrogens (tertiary/aromatic N) is 1. The van der Waals surface area contributed by atoms with Gasteiger partial charge in [-0.2, -0.15) is 0 Å². The normalized spacial score (nSPS) is 13.4. The van der Waals surface area contributed by atoms with Crippen LogP contribution in [-0.4, -0.2) is 82.3 Å². The molecule has 9 heteroatoms. The molecule has 0 fully saturated rings. The molecule has 0 aromatic heterocycles. The fourth-order valence-corrected chi connectivity index (χ4v) is 12.2. The summed E-state index contributed by atoms with van der Waals surface area (Å²) in [6, 6.07) is 0. The molecular weight excluding hydrogens is 1300 g/mol. The number of quaternary nitrogens is 1. The van der Waals surface area contributed by atoms with E-state index in [1.807, 2.05) is 21.1 Å². The Kier molecular flexibility index (Phi) is 80.4. The second-order valence-electron chi connectivity index (χ2n) is 30.1. The van der Waals surface area contributed by atoms with Crippen molar-refractivity contribution >= 4 is 17.9 Å². The van der Waals surface area contributed by atoms with E-state index in [9.17, 15) is 19.5 Å². The third kappa shape index (κ3) is 86.0. The molecule has 0 spiro atoms. The van der Waals surface area contributed by atoms with E-state index >= 15 is 0 Å². The van der Waals surface area contributed by atoms with Gasteiger partial charge < -0.3 is 33.3 Å². The number of hydrogen-bond donors (Lipinski definition) is 0. The zero-order chi connectivity index (χ0) is 76.0. The molecule has 105 heavy (non-hydrogen) atoms. The van der Waals surface area contributed by atoms with E-state index in [-0.39, 0.29) is 32.2 Å². The lowest BCUT2D eigenvalue weighted by Gasteiger charge is -2.26. The molecule has 600 valence electrons. The predicted molar refractivity (Wildman–Crippen MR) is 453 cm³/mol. The zero-order valence-electron chi connectivity index (χ0n) is 68.8. The van der Waals surface area contributed by atoms with Crippen LogP contribution in [0.1, 0.15) is 373 Å². The highest BCUT2D eigenvalue weighted by Crippen LogP contribution is 2.19. The van der Waals surface area contributed by atoms with Gasteiger partial charge in [0, 0.05) is 12.8 Å². The van der Waals surface area contributed by atoms with Gasteiger partial charge in [-0.1, -0.05) is 397 Å². The Labute approximate surface area is 648 Å². The van der Waals surface area contributed by atoms with Crippen molar-refractivity contribution in [2.24, 2.45) is 0 Å². The van der Waals surface area contributed by atoms with Crippen molar-refractivity contribution in [3.8, 4) is 0 Å². The van der Waals surface area contributed by atoms with Gasteiger partial charge in [0.05, 0.1) is 40.3 Å². The first kappa shape index (κ1) is 99.9. The van der Waals surface area contributed by atoms with Crippen LogP contribution in [0, 0.1) is 0 Å². The molecule has 0 aromatic rings. The molecule has 0 rings (SSSR count). The molecular formula is C96H163NO8. The van der Waals surface area contributed by atoms with Gasteiger partial charge in [-0.3, -0.25) is 9.59 Å². The third-order valence-electron chi connectivity index (χ3n) is 18.8. The average molecular weight is 1460 g/mol. The number of carboxylic acid groups (broad SMARTS) is 1. The minimum absolute atomic E-state index is 0.145. The number of esters is 2. The lowest BCUT2D eigenvalue weighted by molar-refractivity contribution is -0.870. The second-order valence-corrected chi connectivity index (χ2v) is 30.1. The van der Waals surface area contributed by atoms with Crippen molar-refractivity contribution in [2.45, 2.75) is 386 Å². The van der Waals surface area contributed by atoms with Crippen LogP contribution in [-0.2, 0) is 33.3 Å². The fraction of sp³-hybridized carbons (Fsp3) is 0.698. The minimum Gasteiger partial charge on any atom is -0.545 e. The highest BCUT2D eigenvalue weighted by Gasteiger charge is 2.22. The van der Waals surface area contributed by atoms with Crippen molar-refractivity contribution in [1.29, 1.82) is 0 Å². The van der Waals surface area contributed by atoms with Gasteiger partial charge in [0.25, 0.3) is 0 Å². The number of aliphatic carboxylic acids is 1. The van der Waals surface area contributed by atoms with Crippen molar-refractivity contribution in [2.75, 3.05) is 47.5 Å². The van der Waals surface area contributed by atoms with Gasteiger partial charge >= 0.3 is 11.9 Å². The molecule has 0 radical (unpaired) electrons. The molecule has 0 N–H and O–H groups in total. The summed E-state index contributed by atoms with van der Waals surface area (Å²) in [6.45, 7) is 4.56. The number of likely N-dealkylation sites (N-methyl/N-ethyl adjacent to an activating group) is 1. The predicted octanol–water partition coefficient (Wildman–Crippen LogP) is 27.4. The molecule has 0 bridgehead atoms. The molecule has 0 aliphatic rings. The van der Waals surface area contributed by atoms with Crippen LogP contribution in [0.3, 0.4) is 0 Å². The molecule has 0 heterocycles. The maximum Gasteiger partial charge on any atom is 0.306 e. The van der Waals surface area contributed by atoms with Crippen LogP contribution in [0.4, 0.5) is 0 Å². The lowest BCUT2D eigenvalue weighted by atomic mass is 10.0. The summed E-state index contributed by atoms with van der Waals surface area (Å²) in [5, 5.41) is 11.9.